The molecule has 2 N–H and O–H groups in total. The maximum atomic E-state index is 9.28. The monoisotopic (exact) mass is 315 g/mol. The van der Waals surface area contributed by atoms with Gasteiger partial charge in [-0.05, 0) is 42.2 Å². The predicted octanol–water partition coefficient (Wildman–Crippen LogP) is 3.99. The fourth-order valence-electron chi connectivity index (χ4n) is 2.22. The van der Waals surface area contributed by atoms with Crippen molar-refractivity contribution in [3.8, 4) is 5.69 Å². The lowest BCUT2D eigenvalue weighted by Crippen LogP contribution is -2.20. The first-order valence-corrected chi connectivity index (χ1v) is 8.23. The largest absolute Gasteiger partial charge is 0.396 e. The topological polar surface area (TPSA) is 50.1 Å². The third-order valence-corrected chi connectivity index (χ3v) is 4.05. The Kier molecular flexibility index (Phi) is 5.15. The molecule has 0 fully saturated rings. The molecule has 4 heteroatoms. The Labute approximate surface area is 139 Å². The number of anilines is 1. The van der Waals surface area contributed by atoms with Gasteiger partial charge in [0.05, 0.1) is 11.4 Å². The Bertz CT molecular complexity index is 621. The molecular formula is C19H29N3O. The van der Waals surface area contributed by atoms with Crippen LogP contribution in [-0.4, -0.2) is 28.0 Å². The van der Waals surface area contributed by atoms with Crippen LogP contribution in [0.2, 0.25) is 0 Å². The van der Waals surface area contributed by atoms with Gasteiger partial charge in [-0.3, -0.25) is 0 Å². The highest BCUT2D eigenvalue weighted by Crippen LogP contribution is 2.22. The van der Waals surface area contributed by atoms with Crippen molar-refractivity contribution in [2.75, 3.05) is 18.5 Å². The van der Waals surface area contributed by atoms with Crippen LogP contribution in [-0.2, 0) is 5.41 Å². The minimum atomic E-state index is -0.0364. The number of aliphatic hydroxyl groups excluding tert-OH is 1. The molecule has 23 heavy (non-hydrogen) atoms. The maximum Gasteiger partial charge on any atom is 0.0682 e. The lowest BCUT2D eigenvalue weighted by atomic mass is 9.91. The minimum Gasteiger partial charge on any atom is -0.396 e. The highest BCUT2D eigenvalue weighted by Gasteiger charge is 2.17. The van der Waals surface area contributed by atoms with Crippen molar-refractivity contribution in [1.29, 1.82) is 0 Å². The Balaban J connectivity index is 1.98. The summed E-state index contributed by atoms with van der Waals surface area (Å²) in [5, 5.41) is 17.3. The van der Waals surface area contributed by atoms with E-state index in [2.05, 4.69) is 75.4 Å². The molecule has 0 spiro atoms. The van der Waals surface area contributed by atoms with Crippen LogP contribution in [0.15, 0.2) is 36.5 Å². The van der Waals surface area contributed by atoms with Crippen molar-refractivity contribution < 1.29 is 5.11 Å². The van der Waals surface area contributed by atoms with Gasteiger partial charge < -0.3 is 10.4 Å². The molecule has 0 unspecified atom stereocenters. The zero-order valence-corrected chi connectivity index (χ0v) is 14.9. The SMILES string of the molecule is CC(C)(CO)CCNc1ccc(-n2ccc(C(C)(C)C)n2)cc1. The van der Waals surface area contributed by atoms with Crippen LogP contribution < -0.4 is 5.32 Å². The van der Waals surface area contributed by atoms with Crippen LogP contribution in [0.4, 0.5) is 5.69 Å². The third kappa shape index (κ3) is 4.83. The first kappa shape index (κ1) is 17.5. The van der Waals surface area contributed by atoms with Crippen LogP contribution in [0, 0.1) is 5.41 Å². The van der Waals surface area contributed by atoms with Gasteiger partial charge in [0.1, 0.15) is 0 Å². The Hall–Kier alpha value is -1.81. The van der Waals surface area contributed by atoms with E-state index in [0.717, 1.165) is 30.0 Å². The molecule has 0 atom stereocenters. The molecule has 0 saturated heterocycles. The number of aromatic nitrogens is 2. The van der Waals surface area contributed by atoms with Crippen LogP contribution in [0.1, 0.15) is 46.7 Å². The molecule has 0 aliphatic rings. The van der Waals surface area contributed by atoms with Crippen LogP contribution in [0.3, 0.4) is 0 Å². The Morgan fingerprint density at radius 2 is 1.70 bits per heavy atom. The molecule has 2 rings (SSSR count). The molecule has 1 aromatic carbocycles. The summed E-state index contributed by atoms with van der Waals surface area (Å²) in [6, 6.07) is 10.3. The zero-order chi connectivity index (χ0) is 17.1. The Morgan fingerprint density at radius 3 is 2.22 bits per heavy atom. The zero-order valence-electron chi connectivity index (χ0n) is 14.9. The van der Waals surface area contributed by atoms with E-state index in [1.54, 1.807) is 0 Å². The lowest BCUT2D eigenvalue weighted by molar-refractivity contribution is 0.154. The molecule has 126 valence electrons. The average Bonchev–Trinajstić information content (AvgIpc) is 2.98. The number of hydrogen-bond donors (Lipinski definition) is 2. The summed E-state index contributed by atoms with van der Waals surface area (Å²) in [4.78, 5) is 0. The summed E-state index contributed by atoms with van der Waals surface area (Å²) in [6.45, 7) is 11.7. The van der Waals surface area contributed by atoms with E-state index in [1.165, 1.54) is 0 Å². The van der Waals surface area contributed by atoms with Crippen molar-refractivity contribution >= 4 is 5.69 Å². The molecule has 0 bridgehead atoms. The predicted molar refractivity (Wildman–Crippen MR) is 96.2 cm³/mol. The molecule has 0 amide bonds. The first-order valence-electron chi connectivity index (χ1n) is 8.23. The van der Waals surface area contributed by atoms with Crippen LogP contribution >= 0.6 is 0 Å². The molecule has 1 heterocycles. The summed E-state index contributed by atoms with van der Waals surface area (Å²) >= 11 is 0. The summed E-state index contributed by atoms with van der Waals surface area (Å²) in [6.07, 6.45) is 2.94. The summed E-state index contributed by atoms with van der Waals surface area (Å²) in [5.74, 6) is 0. The van der Waals surface area contributed by atoms with E-state index in [9.17, 15) is 5.11 Å². The highest BCUT2D eigenvalue weighted by molar-refractivity contribution is 5.48. The van der Waals surface area contributed by atoms with Gasteiger partial charge in [-0.15, -0.1) is 0 Å². The van der Waals surface area contributed by atoms with Gasteiger partial charge in [0, 0.05) is 30.5 Å². The molecule has 0 aliphatic carbocycles. The van der Waals surface area contributed by atoms with Gasteiger partial charge in [0.2, 0.25) is 0 Å². The number of hydrogen-bond acceptors (Lipinski definition) is 3. The number of rotatable bonds is 6. The van der Waals surface area contributed by atoms with Gasteiger partial charge >= 0.3 is 0 Å². The van der Waals surface area contributed by atoms with Crippen molar-refractivity contribution in [2.24, 2.45) is 5.41 Å². The number of benzene rings is 1. The van der Waals surface area contributed by atoms with Gasteiger partial charge in [-0.2, -0.15) is 5.10 Å². The molecular weight excluding hydrogens is 286 g/mol. The van der Waals surface area contributed by atoms with E-state index in [-0.39, 0.29) is 17.4 Å². The second-order valence-electron chi connectivity index (χ2n) is 7.94. The normalized spacial score (nSPS) is 12.4. The smallest absolute Gasteiger partial charge is 0.0682 e. The van der Waals surface area contributed by atoms with E-state index in [0.29, 0.717) is 0 Å². The first-order chi connectivity index (χ1) is 10.7. The average molecular weight is 315 g/mol. The van der Waals surface area contributed by atoms with Gasteiger partial charge in [-0.25, -0.2) is 4.68 Å². The van der Waals surface area contributed by atoms with Crippen LogP contribution in [0.5, 0.6) is 0 Å². The van der Waals surface area contributed by atoms with Gasteiger partial charge in [-0.1, -0.05) is 34.6 Å². The second-order valence-corrected chi connectivity index (χ2v) is 7.94. The standard InChI is InChI=1S/C19H29N3O/c1-18(2,3)17-10-13-22(21-17)16-8-6-15(7-9-16)20-12-11-19(4,5)14-23/h6-10,13,20,23H,11-12,14H2,1-5H3. The van der Waals surface area contributed by atoms with Crippen molar-refractivity contribution in [2.45, 2.75) is 46.5 Å². The van der Waals surface area contributed by atoms with E-state index in [4.69, 9.17) is 0 Å². The fourth-order valence-corrected chi connectivity index (χ4v) is 2.22. The lowest BCUT2D eigenvalue weighted by Gasteiger charge is -2.21. The summed E-state index contributed by atoms with van der Waals surface area (Å²) in [7, 11) is 0. The maximum absolute atomic E-state index is 9.28. The quantitative estimate of drug-likeness (QED) is 0.847. The number of nitrogens with zero attached hydrogens (tertiary/aromatic N) is 2. The molecule has 0 radical (unpaired) electrons. The van der Waals surface area contributed by atoms with E-state index >= 15 is 0 Å². The van der Waals surface area contributed by atoms with Crippen molar-refractivity contribution in [3.05, 3.63) is 42.2 Å². The fraction of sp³-hybridized carbons (Fsp3) is 0.526. The number of nitrogens with one attached hydrogen (secondary N) is 1. The van der Waals surface area contributed by atoms with Crippen molar-refractivity contribution in [1.82, 2.24) is 9.78 Å². The molecule has 0 saturated carbocycles. The Morgan fingerprint density at radius 1 is 1.04 bits per heavy atom. The van der Waals surface area contributed by atoms with Gasteiger partial charge in [0.25, 0.3) is 0 Å². The second kappa shape index (κ2) is 6.75. The van der Waals surface area contributed by atoms with E-state index in [1.807, 2.05) is 10.9 Å². The number of aliphatic hydroxyl groups is 1. The van der Waals surface area contributed by atoms with Crippen LogP contribution in [0.25, 0.3) is 5.69 Å². The highest BCUT2D eigenvalue weighted by atomic mass is 16.3. The summed E-state index contributed by atoms with van der Waals surface area (Å²) < 4.78 is 1.92. The van der Waals surface area contributed by atoms with Gasteiger partial charge in [0.15, 0.2) is 0 Å². The molecule has 4 nitrogen and oxygen atoms in total. The van der Waals surface area contributed by atoms with E-state index < -0.39 is 0 Å². The third-order valence-electron chi connectivity index (χ3n) is 4.05. The molecule has 0 aliphatic heterocycles. The minimum absolute atomic E-state index is 0.0364. The molecule has 1 aromatic heterocycles. The van der Waals surface area contributed by atoms with Crippen molar-refractivity contribution in [3.63, 3.8) is 0 Å². The molecule has 2 aromatic rings. The summed E-state index contributed by atoms with van der Waals surface area (Å²) in [5.41, 5.74) is 3.26.